The Morgan fingerprint density at radius 1 is 1.06 bits per heavy atom. The second-order valence-electron chi connectivity index (χ2n) is 4.22. The van der Waals surface area contributed by atoms with Crippen molar-refractivity contribution in [2.75, 3.05) is 5.73 Å². The zero-order valence-corrected chi connectivity index (χ0v) is 9.95. The molecule has 3 aromatic rings. The Kier molecular flexibility index (Phi) is 2.68. The molecule has 18 heavy (non-hydrogen) atoms. The van der Waals surface area contributed by atoms with Crippen LogP contribution in [0.25, 0.3) is 11.0 Å². The molecule has 2 N–H and O–H groups in total. The Balaban J connectivity index is 1.89. The second kappa shape index (κ2) is 4.49. The molecule has 4 nitrogen and oxygen atoms in total. The van der Waals surface area contributed by atoms with Crippen LogP contribution in [0.2, 0.25) is 0 Å². The summed E-state index contributed by atoms with van der Waals surface area (Å²) in [6.45, 7) is 0.830. The first-order valence-electron chi connectivity index (χ1n) is 5.94. The monoisotopic (exact) mass is 238 g/mol. The molecule has 0 aliphatic rings. The van der Waals surface area contributed by atoms with Gasteiger partial charge < -0.3 is 10.3 Å². The maximum absolute atomic E-state index is 5.96. The number of rotatable bonds is 3. The maximum atomic E-state index is 5.96. The van der Waals surface area contributed by atoms with Crippen molar-refractivity contribution in [3.63, 3.8) is 0 Å². The van der Waals surface area contributed by atoms with Crippen LogP contribution >= 0.6 is 0 Å². The summed E-state index contributed by atoms with van der Waals surface area (Å²) in [5.74, 6) is 0.574. The maximum Gasteiger partial charge on any atom is 0.201 e. The number of pyridine rings is 1. The minimum absolute atomic E-state index is 0.574. The normalized spacial score (nSPS) is 10.9. The number of imidazole rings is 1. The molecule has 4 heteroatoms. The van der Waals surface area contributed by atoms with Gasteiger partial charge in [-0.1, -0.05) is 12.1 Å². The first-order chi connectivity index (χ1) is 8.84. The van der Waals surface area contributed by atoms with Crippen molar-refractivity contribution < 1.29 is 0 Å². The fraction of sp³-hybridized carbons (Fsp3) is 0.143. The molecule has 0 amide bonds. The number of anilines is 1. The van der Waals surface area contributed by atoms with Crippen molar-refractivity contribution in [3.05, 3.63) is 54.4 Å². The van der Waals surface area contributed by atoms with Gasteiger partial charge in [0, 0.05) is 18.9 Å². The molecule has 3 rings (SSSR count). The molecule has 0 bridgehead atoms. The molecule has 2 aromatic heterocycles. The van der Waals surface area contributed by atoms with Crippen LogP contribution in [-0.4, -0.2) is 14.5 Å². The van der Waals surface area contributed by atoms with E-state index in [2.05, 4.69) is 14.5 Å². The third-order valence-corrected chi connectivity index (χ3v) is 3.06. The number of fused-ring (bicyclic) bond motifs is 1. The number of nitrogens with zero attached hydrogens (tertiary/aromatic N) is 3. The molecule has 1 aromatic carbocycles. The SMILES string of the molecule is Nc1nc2ccccc2n1CCc1ccncc1. The molecule has 90 valence electrons. The van der Waals surface area contributed by atoms with Crippen molar-refractivity contribution in [1.82, 2.24) is 14.5 Å². The van der Waals surface area contributed by atoms with E-state index in [1.165, 1.54) is 5.56 Å². The predicted octanol–water partition coefficient (Wildman–Crippen LogP) is 2.26. The molecule has 0 saturated heterocycles. The van der Waals surface area contributed by atoms with Crippen LogP contribution in [-0.2, 0) is 13.0 Å². The van der Waals surface area contributed by atoms with E-state index in [4.69, 9.17) is 5.73 Å². The van der Waals surface area contributed by atoms with Gasteiger partial charge in [0.15, 0.2) is 0 Å². The molecule has 0 saturated carbocycles. The van der Waals surface area contributed by atoms with Crippen LogP contribution in [0.4, 0.5) is 5.95 Å². The van der Waals surface area contributed by atoms with Crippen molar-refractivity contribution in [2.24, 2.45) is 0 Å². The molecular weight excluding hydrogens is 224 g/mol. The van der Waals surface area contributed by atoms with Gasteiger partial charge in [0.05, 0.1) is 11.0 Å². The van der Waals surface area contributed by atoms with Crippen LogP contribution in [0.1, 0.15) is 5.56 Å². The van der Waals surface area contributed by atoms with Crippen molar-refractivity contribution in [3.8, 4) is 0 Å². The number of aryl methyl sites for hydroxylation is 2. The van der Waals surface area contributed by atoms with Crippen LogP contribution in [0.3, 0.4) is 0 Å². The Bertz CT molecular complexity index is 658. The van der Waals surface area contributed by atoms with Gasteiger partial charge >= 0.3 is 0 Å². The van der Waals surface area contributed by atoms with Gasteiger partial charge in [-0.25, -0.2) is 4.98 Å². The lowest BCUT2D eigenvalue weighted by molar-refractivity contribution is 0.725. The van der Waals surface area contributed by atoms with Gasteiger partial charge in [0.25, 0.3) is 0 Å². The highest BCUT2D eigenvalue weighted by Crippen LogP contribution is 2.17. The smallest absolute Gasteiger partial charge is 0.201 e. The fourth-order valence-corrected chi connectivity index (χ4v) is 2.12. The average molecular weight is 238 g/mol. The van der Waals surface area contributed by atoms with Crippen LogP contribution in [0.15, 0.2) is 48.8 Å². The van der Waals surface area contributed by atoms with E-state index in [0.29, 0.717) is 5.95 Å². The number of nitrogen functional groups attached to an aromatic ring is 1. The predicted molar refractivity (Wildman–Crippen MR) is 72.1 cm³/mol. The molecule has 0 spiro atoms. The van der Waals surface area contributed by atoms with Gasteiger partial charge in [-0.3, -0.25) is 4.98 Å². The Morgan fingerprint density at radius 2 is 1.83 bits per heavy atom. The first kappa shape index (κ1) is 10.8. The summed E-state index contributed by atoms with van der Waals surface area (Å²) in [7, 11) is 0. The molecule has 0 aliphatic carbocycles. The number of hydrogen-bond donors (Lipinski definition) is 1. The first-order valence-corrected chi connectivity index (χ1v) is 5.94. The van der Waals surface area contributed by atoms with E-state index in [-0.39, 0.29) is 0 Å². The lowest BCUT2D eigenvalue weighted by Gasteiger charge is -2.06. The third-order valence-electron chi connectivity index (χ3n) is 3.06. The van der Waals surface area contributed by atoms with Gasteiger partial charge in [0.1, 0.15) is 0 Å². The van der Waals surface area contributed by atoms with Crippen LogP contribution in [0, 0.1) is 0 Å². The summed E-state index contributed by atoms with van der Waals surface area (Å²) in [4.78, 5) is 8.37. The highest BCUT2D eigenvalue weighted by atomic mass is 15.1. The summed E-state index contributed by atoms with van der Waals surface area (Å²) in [6.07, 6.45) is 4.54. The summed E-state index contributed by atoms with van der Waals surface area (Å²) >= 11 is 0. The average Bonchev–Trinajstić information content (AvgIpc) is 2.73. The van der Waals surface area contributed by atoms with E-state index in [1.54, 1.807) is 0 Å². The topological polar surface area (TPSA) is 56.7 Å². The van der Waals surface area contributed by atoms with E-state index in [0.717, 1.165) is 24.0 Å². The Labute approximate surface area is 105 Å². The summed E-state index contributed by atoms with van der Waals surface area (Å²) < 4.78 is 2.05. The van der Waals surface area contributed by atoms with Crippen LogP contribution < -0.4 is 5.73 Å². The number of benzene rings is 1. The molecular formula is C14H14N4. The molecule has 2 heterocycles. The lowest BCUT2D eigenvalue weighted by atomic mass is 10.2. The van der Waals surface area contributed by atoms with Crippen molar-refractivity contribution >= 4 is 17.0 Å². The highest BCUT2D eigenvalue weighted by molar-refractivity contribution is 5.78. The van der Waals surface area contributed by atoms with E-state index >= 15 is 0 Å². The molecule has 0 unspecified atom stereocenters. The van der Waals surface area contributed by atoms with E-state index in [1.807, 2.05) is 48.8 Å². The standard InChI is InChI=1S/C14H14N4/c15-14-17-12-3-1-2-4-13(12)18(14)10-7-11-5-8-16-9-6-11/h1-6,8-9H,7,10H2,(H2,15,17). The van der Waals surface area contributed by atoms with Gasteiger partial charge in [0.2, 0.25) is 5.95 Å². The van der Waals surface area contributed by atoms with Gasteiger partial charge in [-0.05, 0) is 36.2 Å². The molecule has 0 aliphatic heterocycles. The summed E-state index contributed by atoms with van der Waals surface area (Å²) in [5, 5.41) is 0. The zero-order chi connectivity index (χ0) is 12.4. The minimum Gasteiger partial charge on any atom is -0.369 e. The highest BCUT2D eigenvalue weighted by Gasteiger charge is 2.06. The molecule has 0 fully saturated rings. The van der Waals surface area contributed by atoms with Gasteiger partial charge in [-0.2, -0.15) is 0 Å². The summed E-state index contributed by atoms with van der Waals surface area (Å²) in [5.41, 5.74) is 9.24. The number of aromatic nitrogens is 3. The van der Waals surface area contributed by atoms with E-state index in [9.17, 15) is 0 Å². The Morgan fingerprint density at radius 3 is 2.67 bits per heavy atom. The fourth-order valence-electron chi connectivity index (χ4n) is 2.12. The Hall–Kier alpha value is -2.36. The number of para-hydroxylation sites is 2. The third kappa shape index (κ3) is 1.93. The number of nitrogens with two attached hydrogens (primary N) is 1. The van der Waals surface area contributed by atoms with Crippen molar-refractivity contribution in [1.29, 1.82) is 0 Å². The minimum atomic E-state index is 0.574. The quantitative estimate of drug-likeness (QED) is 0.761. The van der Waals surface area contributed by atoms with Crippen LogP contribution in [0.5, 0.6) is 0 Å². The zero-order valence-electron chi connectivity index (χ0n) is 9.95. The largest absolute Gasteiger partial charge is 0.369 e. The number of hydrogen-bond acceptors (Lipinski definition) is 3. The molecule has 0 atom stereocenters. The lowest BCUT2D eigenvalue weighted by Crippen LogP contribution is -2.05. The van der Waals surface area contributed by atoms with Crippen molar-refractivity contribution in [2.45, 2.75) is 13.0 Å². The second-order valence-corrected chi connectivity index (χ2v) is 4.22. The molecule has 0 radical (unpaired) electrons. The van der Waals surface area contributed by atoms with E-state index < -0.39 is 0 Å². The van der Waals surface area contributed by atoms with Gasteiger partial charge in [-0.15, -0.1) is 0 Å². The summed E-state index contributed by atoms with van der Waals surface area (Å²) in [6, 6.07) is 12.1.